The van der Waals surface area contributed by atoms with E-state index in [2.05, 4.69) is 21.7 Å². The highest BCUT2D eigenvalue weighted by Gasteiger charge is 2.25. The predicted molar refractivity (Wildman–Crippen MR) is 103 cm³/mol. The summed E-state index contributed by atoms with van der Waals surface area (Å²) >= 11 is 1.70. The lowest BCUT2D eigenvalue weighted by molar-refractivity contribution is 0.0911. The molecular weight excluding hydrogens is 348 g/mol. The Morgan fingerprint density at radius 2 is 2.00 bits per heavy atom. The molecule has 26 heavy (non-hydrogen) atoms. The average molecular weight is 368 g/mol. The van der Waals surface area contributed by atoms with E-state index in [4.69, 9.17) is 4.42 Å². The van der Waals surface area contributed by atoms with Crippen LogP contribution in [0, 0.1) is 0 Å². The second kappa shape index (κ2) is 7.43. The number of thiophene rings is 1. The summed E-state index contributed by atoms with van der Waals surface area (Å²) in [6.45, 7) is 2.59. The summed E-state index contributed by atoms with van der Waals surface area (Å²) in [5, 5.41) is 5.49. The Kier molecular flexibility index (Phi) is 4.86. The molecule has 3 heterocycles. The van der Waals surface area contributed by atoms with Crippen LogP contribution in [0.3, 0.4) is 0 Å². The van der Waals surface area contributed by atoms with Crippen LogP contribution in [0.2, 0.25) is 0 Å². The standard InChI is InChI=1S/C20H20N2O3S/c23-16-12-18(25-17-7-2-1-6-14(16)17)20(24)21-13-15(19-8-5-11-26-19)22-9-3-4-10-22/h1-2,5-8,11-12,15H,3-4,9-10,13H2,(H,21,24)/t15-/m0/s1. The summed E-state index contributed by atoms with van der Waals surface area (Å²) in [4.78, 5) is 28.4. The van der Waals surface area contributed by atoms with Gasteiger partial charge in [-0.2, -0.15) is 0 Å². The highest BCUT2D eigenvalue weighted by atomic mass is 32.1. The second-order valence-corrected chi connectivity index (χ2v) is 7.43. The van der Waals surface area contributed by atoms with Crippen molar-refractivity contribution in [3.63, 3.8) is 0 Å². The van der Waals surface area contributed by atoms with E-state index in [0.717, 1.165) is 13.1 Å². The Balaban J connectivity index is 1.53. The van der Waals surface area contributed by atoms with Crippen molar-refractivity contribution in [2.75, 3.05) is 19.6 Å². The van der Waals surface area contributed by atoms with Crippen LogP contribution in [-0.2, 0) is 0 Å². The monoisotopic (exact) mass is 368 g/mol. The first-order valence-electron chi connectivity index (χ1n) is 8.81. The van der Waals surface area contributed by atoms with Gasteiger partial charge in [0.25, 0.3) is 5.91 Å². The van der Waals surface area contributed by atoms with Gasteiger partial charge in [0.1, 0.15) is 5.58 Å². The van der Waals surface area contributed by atoms with Crippen LogP contribution in [0.1, 0.15) is 34.3 Å². The third-order valence-corrected chi connectivity index (χ3v) is 5.74. The predicted octanol–water partition coefficient (Wildman–Crippen LogP) is 3.42. The second-order valence-electron chi connectivity index (χ2n) is 6.46. The molecule has 0 aliphatic carbocycles. The lowest BCUT2D eigenvalue weighted by atomic mass is 10.2. The smallest absolute Gasteiger partial charge is 0.287 e. The Morgan fingerprint density at radius 3 is 2.77 bits per heavy atom. The molecule has 1 saturated heterocycles. The normalized spacial score (nSPS) is 16.0. The van der Waals surface area contributed by atoms with Crippen molar-refractivity contribution in [3.8, 4) is 0 Å². The van der Waals surface area contributed by atoms with Gasteiger partial charge in [0, 0.05) is 17.5 Å². The maximum atomic E-state index is 12.6. The van der Waals surface area contributed by atoms with Crippen LogP contribution in [0.4, 0.5) is 0 Å². The van der Waals surface area contributed by atoms with E-state index in [9.17, 15) is 9.59 Å². The molecule has 0 saturated carbocycles. The molecule has 6 heteroatoms. The first-order valence-corrected chi connectivity index (χ1v) is 9.69. The Morgan fingerprint density at radius 1 is 1.19 bits per heavy atom. The van der Waals surface area contributed by atoms with Gasteiger partial charge in [0.2, 0.25) is 0 Å². The quantitative estimate of drug-likeness (QED) is 0.750. The molecule has 134 valence electrons. The van der Waals surface area contributed by atoms with Crippen LogP contribution in [-0.4, -0.2) is 30.4 Å². The first-order chi connectivity index (χ1) is 12.7. The van der Waals surface area contributed by atoms with Gasteiger partial charge in [-0.3, -0.25) is 14.5 Å². The van der Waals surface area contributed by atoms with Gasteiger partial charge in [0.15, 0.2) is 11.2 Å². The van der Waals surface area contributed by atoms with Gasteiger partial charge in [-0.25, -0.2) is 0 Å². The van der Waals surface area contributed by atoms with E-state index in [0.29, 0.717) is 17.5 Å². The molecule has 1 amide bonds. The van der Waals surface area contributed by atoms with Crippen LogP contribution in [0.15, 0.2) is 57.1 Å². The van der Waals surface area contributed by atoms with E-state index in [1.165, 1.54) is 23.8 Å². The van der Waals surface area contributed by atoms with Crippen molar-refractivity contribution < 1.29 is 9.21 Å². The van der Waals surface area contributed by atoms with E-state index in [1.54, 1.807) is 35.6 Å². The minimum absolute atomic E-state index is 0.0556. The van der Waals surface area contributed by atoms with E-state index in [1.807, 2.05) is 6.07 Å². The molecular formula is C20H20N2O3S. The molecule has 0 bridgehead atoms. The number of hydrogen-bond donors (Lipinski definition) is 1. The number of benzene rings is 1. The summed E-state index contributed by atoms with van der Waals surface area (Å²) in [7, 11) is 0. The molecule has 5 nitrogen and oxygen atoms in total. The molecule has 1 fully saturated rings. The van der Waals surface area contributed by atoms with Crippen LogP contribution >= 0.6 is 11.3 Å². The van der Waals surface area contributed by atoms with Crippen molar-refractivity contribution in [2.24, 2.45) is 0 Å². The number of fused-ring (bicyclic) bond motifs is 1. The molecule has 0 unspecified atom stereocenters. The fourth-order valence-corrected chi connectivity index (χ4v) is 4.30. The Labute approximate surface area is 155 Å². The van der Waals surface area contributed by atoms with Crippen molar-refractivity contribution in [3.05, 3.63) is 68.7 Å². The molecule has 1 N–H and O–H groups in total. The largest absolute Gasteiger partial charge is 0.451 e. The maximum Gasteiger partial charge on any atom is 0.287 e. The summed E-state index contributed by atoms with van der Waals surface area (Å²) in [6, 6.07) is 12.5. The van der Waals surface area contributed by atoms with Gasteiger partial charge in [-0.05, 0) is 49.5 Å². The number of rotatable bonds is 5. The van der Waals surface area contributed by atoms with E-state index >= 15 is 0 Å². The van der Waals surface area contributed by atoms with E-state index in [-0.39, 0.29) is 23.1 Å². The number of nitrogens with one attached hydrogen (secondary N) is 1. The van der Waals surface area contributed by atoms with Crippen LogP contribution in [0.5, 0.6) is 0 Å². The van der Waals surface area contributed by atoms with E-state index < -0.39 is 0 Å². The van der Waals surface area contributed by atoms with Gasteiger partial charge >= 0.3 is 0 Å². The zero-order valence-electron chi connectivity index (χ0n) is 14.3. The number of amides is 1. The summed E-state index contributed by atoms with van der Waals surface area (Å²) in [6.07, 6.45) is 2.38. The SMILES string of the molecule is O=C(NC[C@@H](c1cccs1)N1CCCC1)c1cc(=O)c2ccccc2o1. The van der Waals surface area contributed by atoms with Crippen molar-refractivity contribution in [1.82, 2.24) is 10.2 Å². The molecule has 0 spiro atoms. The Hall–Kier alpha value is -2.44. The number of carbonyl (C=O) groups is 1. The van der Waals surface area contributed by atoms with Crippen LogP contribution in [0.25, 0.3) is 11.0 Å². The molecule has 1 atom stereocenters. The number of nitrogens with zero attached hydrogens (tertiary/aromatic N) is 1. The highest BCUT2D eigenvalue weighted by Crippen LogP contribution is 2.27. The fourth-order valence-electron chi connectivity index (χ4n) is 3.44. The summed E-state index contributed by atoms with van der Waals surface area (Å²) in [5.41, 5.74) is 0.228. The topological polar surface area (TPSA) is 62.6 Å². The third-order valence-electron chi connectivity index (χ3n) is 4.77. The molecule has 1 aliphatic rings. The number of carbonyl (C=O) groups excluding carboxylic acids is 1. The Bertz CT molecular complexity index is 959. The molecule has 1 aliphatic heterocycles. The number of para-hydroxylation sites is 1. The van der Waals surface area contributed by atoms with Crippen LogP contribution < -0.4 is 10.7 Å². The zero-order valence-corrected chi connectivity index (χ0v) is 15.1. The minimum Gasteiger partial charge on any atom is -0.451 e. The molecule has 4 rings (SSSR count). The van der Waals surface area contributed by atoms with Gasteiger partial charge in [-0.1, -0.05) is 18.2 Å². The van der Waals surface area contributed by atoms with Gasteiger partial charge in [0.05, 0.1) is 11.4 Å². The van der Waals surface area contributed by atoms with Crippen molar-refractivity contribution in [1.29, 1.82) is 0 Å². The fraction of sp³-hybridized carbons (Fsp3) is 0.300. The van der Waals surface area contributed by atoms with Gasteiger partial charge < -0.3 is 9.73 Å². The lowest BCUT2D eigenvalue weighted by Crippen LogP contribution is -2.36. The number of likely N-dealkylation sites (tertiary alicyclic amines) is 1. The summed E-state index contributed by atoms with van der Waals surface area (Å²) < 4.78 is 5.63. The molecule has 3 aromatic rings. The van der Waals surface area contributed by atoms with Crippen molar-refractivity contribution in [2.45, 2.75) is 18.9 Å². The maximum absolute atomic E-state index is 12.6. The zero-order chi connectivity index (χ0) is 17.9. The molecule has 0 radical (unpaired) electrons. The average Bonchev–Trinajstić information content (AvgIpc) is 3.36. The lowest BCUT2D eigenvalue weighted by Gasteiger charge is -2.26. The summed E-state index contributed by atoms with van der Waals surface area (Å²) in [5.74, 6) is -0.298. The first kappa shape index (κ1) is 17.0. The number of hydrogen-bond acceptors (Lipinski definition) is 5. The highest BCUT2D eigenvalue weighted by molar-refractivity contribution is 7.10. The minimum atomic E-state index is -0.353. The van der Waals surface area contributed by atoms with Crippen molar-refractivity contribution >= 4 is 28.2 Å². The molecule has 2 aromatic heterocycles. The van der Waals surface area contributed by atoms with Gasteiger partial charge in [-0.15, -0.1) is 11.3 Å². The molecule has 1 aromatic carbocycles. The third kappa shape index (κ3) is 3.43.